The first kappa shape index (κ1) is 11.0. The molecular formula is C10H10BrNO2. The van der Waals surface area contributed by atoms with Crippen LogP contribution in [0.3, 0.4) is 0 Å². The highest BCUT2D eigenvalue weighted by Crippen LogP contribution is 2.28. The molecule has 0 unspecified atom stereocenters. The maximum absolute atomic E-state index is 9.97. The summed E-state index contributed by atoms with van der Waals surface area (Å²) in [5.41, 5.74) is 2.03. The van der Waals surface area contributed by atoms with Crippen molar-refractivity contribution in [3.05, 3.63) is 27.7 Å². The van der Waals surface area contributed by atoms with Crippen LogP contribution in [0.2, 0.25) is 0 Å². The number of hydrogen-bond donors (Lipinski definition) is 0. The number of aliphatic imine (C=N–C) groups is 1. The fourth-order valence-electron chi connectivity index (χ4n) is 1.14. The van der Waals surface area contributed by atoms with Gasteiger partial charge in [0.1, 0.15) is 5.75 Å². The first-order valence-corrected chi connectivity index (χ1v) is 4.85. The predicted molar refractivity (Wildman–Crippen MR) is 57.3 cm³/mol. The van der Waals surface area contributed by atoms with Gasteiger partial charge >= 0.3 is 0 Å². The molecule has 0 atom stereocenters. The smallest absolute Gasteiger partial charge is 0.235 e. The molecule has 4 heteroatoms. The van der Waals surface area contributed by atoms with Gasteiger partial charge in [0.25, 0.3) is 0 Å². The molecule has 14 heavy (non-hydrogen) atoms. The van der Waals surface area contributed by atoms with Gasteiger partial charge < -0.3 is 4.74 Å². The van der Waals surface area contributed by atoms with Crippen LogP contribution in [-0.4, -0.2) is 13.2 Å². The molecule has 0 aliphatic rings. The SMILES string of the molecule is COc1cc(C)c(CN=C=O)cc1Br. The van der Waals surface area contributed by atoms with Crippen LogP contribution < -0.4 is 4.74 Å². The van der Waals surface area contributed by atoms with Crippen LogP contribution in [0.1, 0.15) is 11.1 Å². The van der Waals surface area contributed by atoms with Gasteiger partial charge in [-0.15, -0.1) is 0 Å². The molecule has 0 saturated carbocycles. The van der Waals surface area contributed by atoms with Gasteiger partial charge in [-0.2, -0.15) is 0 Å². The zero-order valence-corrected chi connectivity index (χ0v) is 9.59. The molecule has 0 aliphatic heterocycles. The van der Waals surface area contributed by atoms with Crippen molar-refractivity contribution in [3.63, 3.8) is 0 Å². The molecule has 0 N–H and O–H groups in total. The molecule has 1 rings (SSSR count). The van der Waals surface area contributed by atoms with Gasteiger partial charge in [0, 0.05) is 0 Å². The van der Waals surface area contributed by atoms with E-state index in [1.807, 2.05) is 19.1 Å². The van der Waals surface area contributed by atoms with E-state index in [0.29, 0.717) is 6.54 Å². The second-order valence-corrected chi connectivity index (χ2v) is 3.68. The molecule has 0 bridgehead atoms. The molecule has 0 aromatic heterocycles. The monoisotopic (exact) mass is 255 g/mol. The van der Waals surface area contributed by atoms with Crippen LogP contribution in [0.15, 0.2) is 21.6 Å². The summed E-state index contributed by atoms with van der Waals surface area (Å²) in [5.74, 6) is 0.779. The topological polar surface area (TPSA) is 38.7 Å². The van der Waals surface area contributed by atoms with Gasteiger partial charge in [-0.1, -0.05) is 0 Å². The number of hydrogen-bond acceptors (Lipinski definition) is 3. The molecule has 1 aromatic rings. The molecule has 1 aromatic carbocycles. The molecule has 3 nitrogen and oxygen atoms in total. The number of ether oxygens (including phenoxy) is 1. The summed E-state index contributed by atoms with van der Waals surface area (Å²) in [5, 5.41) is 0. The Labute approximate surface area is 90.9 Å². The van der Waals surface area contributed by atoms with Crippen LogP contribution in [-0.2, 0) is 11.3 Å². The van der Waals surface area contributed by atoms with E-state index >= 15 is 0 Å². The van der Waals surface area contributed by atoms with Crippen molar-refractivity contribution in [1.82, 2.24) is 0 Å². The van der Waals surface area contributed by atoms with Crippen molar-refractivity contribution < 1.29 is 9.53 Å². The van der Waals surface area contributed by atoms with Crippen molar-refractivity contribution in [3.8, 4) is 5.75 Å². The number of halogens is 1. The molecule has 0 spiro atoms. The lowest BCUT2D eigenvalue weighted by Crippen LogP contribution is -1.91. The van der Waals surface area contributed by atoms with E-state index in [4.69, 9.17) is 4.74 Å². The second-order valence-electron chi connectivity index (χ2n) is 2.82. The van der Waals surface area contributed by atoms with Crippen LogP contribution >= 0.6 is 15.9 Å². The first-order valence-electron chi connectivity index (χ1n) is 4.05. The lowest BCUT2D eigenvalue weighted by Gasteiger charge is -2.07. The number of aryl methyl sites for hydroxylation is 1. The fraction of sp³-hybridized carbons (Fsp3) is 0.300. The standard InChI is InChI=1S/C10H10BrNO2/c1-7-3-10(14-2)9(11)4-8(7)5-12-6-13/h3-4H,5H2,1-2H3. The lowest BCUT2D eigenvalue weighted by molar-refractivity contribution is 0.411. The Kier molecular flexibility index (Phi) is 3.86. The van der Waals surface area contributed by atoms with E-state index in [0.717, 1.165) is 21.3 Å². The number of isocyanates is 1. The fourth-order valence-corrected chi connectivity index (χ4v) is 1.69. The normalized spacial score (nSPS) is 9.36. The minimum atomic E-state index is 0.359. The highest BCUT2D eigenvalue weighted by Gasteiger charge is 2.04. The van der Waals surface area contributed by atoms with Crippen LogP contribution in [0.5, 0.6) is 5.75 Å². The lowest BCUT2D eigenvalue weighted by atomic mass is 10.1. The number of methoxy groups -OCH3 is 1. The predicted octanol–water partition coefficient (Wildman–Crippen LogP) is 2.60. The number of benzene rings is 1. The molecule has 0 saturated heterocycles. The van der Waals surface area contributed by atoms with Gasteiger partial charge in [0.05, 0.1) is 18.1 Å². The van der Waals surface area contributed by atoms with Crippen molar-refractivity contribution in [2.24, 2.45) is 4.99 Å². The molecular weight excluding hydrogens is 246 g/mol. The molecule has 0 heterocycles. The van der Waals surface area contributed by atoms with E-state index in [9.17, 15) is 4.79 Å². The Morgan fingerprint density at radius 3 is 2.86 bits per heavy atom. The third-order valence-corrected chi connectivity index (χ3v) is 2.54. The summed E-state index contributed by atoms with van der Waals surface area (Å²) in [6.07, 6.45) is 1.52. The second kappa shape index (κ2) is 4.94. The molecule has 0 radical (unpaired) electrons. The Hall–Kier alpha value is -1.12. The molecule has 74 valence electrons. The molecule has 0 aliphatic carbocycles. The van der Waals surface area contributed by atoms with E-state index in [-0.39, 0.29) is 0 Å². The third-order valence-electron chi connectivity index (χ3n) is 1.92. The van der Waals surface area contributed by atoms with Gasteiger partial charge in [-0.05, 0) is 46.1 Å². The minimum Gasteiger partial charge on any atom is -0.496 e. The maximum atomic E-state index is 9.97. The third kappa shape index (κ3) is 2.44. The zero-order chi connectivity index (χ0) is 10.6. The Morgan fingerprint density at radius 1 is 1.57 bits per heavy atom. The summed E-state index contributed by atoms with van der Waals surface area (Å²) in [6.45, 7) is 2.31. The Morgan fingerprint density at radius 2 is 2.29 bits per heavy atom. The number of carbonyl (C=O) groups excluding carboxylic acids is 1. The van der Waals surface area contributed by atoms with Crippen molar-refractivity contribution >= 4 is 22.0 Å². The molecule has 0 amide bonds. The van der Waals surface area contributed by atoms with Gasteiger partial charge in [0.2, 0.25) is 6.08 Å². The van der Waals surface area contributed by atoms with Crippen molar-refractivity contribution in [2.75, 3.05) is 7.11 Å². The summed E-state index contributed by atoms with van der Waals surface area (Å²) in [7, 11) is 1.61. The number of nitrogens with zero attached hydrogens (tertiary/aromatic N) is 1. The maximum Gasteiger partial charge on any atom is 0.235 e. The summed E-state index contributed by atoms with van der Waals surface area (Å²) in [6, 6.07) is 3.80. The Bertz CT molecular complexity index is 384. The zero-order valence-electron chi connectivity index (χ0n) is 8.00. The summed E-state index contributed by atoms with van der Waals surface area (Å²) >= 11 is 3.37. The average molecular weight is 256 g/mol. The average Bonchev–Trinajstić information content (AvgIpc) is 2.18. The largest absolute Gasteiger partial charge is 0.496 e. The van der Waals surface area contributed by atoms with Crippen molar-refractivity contribution in [1.29, 1.82) is 0 Å². The van der Waals surface area contributed by atoms with E-state index in [2.05, 4.69) is 20.9 Å². The van der Waals surface area contributed by atoms with Gasteiger partial charge in [-0.25, -0.2) is 9.79 Å². The van der Waals surface area contributed by atoms with Crippen LogP contribution in [0, 0.1) is 6.92 Å². The van der Waals surface area contributed by atoms with Gasteiger partial charge in [0.15, 0.2) is 0 Å². The van der Waals surface area contributed by atoms with E-state index in [1.54, 1.807) is 7.11 Å². The van der Waals surface area contributed by atoms with Gasteiger partial charge in [-0.3, -0.25) is 0 Å². The van der Waals surface area contributed by atoms with E-state index < -0.39 is 0 Å². The summed E-state index contributed by atoms with van der Waals surface area (Å²) < 4.78 is 5.99. The van der Waals surface area contributed by atoms with Crippen LogP contribution in [0.25, 0.3) is 0 Å². The number of rotatable bonds is 3. The van der Waals surface area contributed by atoms with E-state index in [1.165, 1.54) is 6.08 Å². The highest BCUT2D eigenvalue weighted by molar-refractivity contribution is 9.10. The first-order chi connectivity index (χ1) is 6.69. The minimum absolute atomic E-state index is 0.359. The highest BCUT2D eigenvalue weighted by atomic mass is 79.9. The molecule has 0 fully saturated rings. The Balaban J connectivity index is 3.08. The van der Waals surface area contributed by atoms with Crippen molar-refractivity contribution in [2.45, 2.75) is 13.5 Å². The van der Waals surface area contributed by atoms with Crippen LogP contribution in [0.4, 0.5) is 0 Å². The quantitative estimate of drug-likeness (QED) is 0.615. The summed E-state index contributed by atoms with van der Waals surface area (Å²) in [4.78, 5) is 13.5.